The third-order valence-electron chi connectivity index (χ3n) is 4.93. The lowest BCUT2D eigenvalue weighted by atomic mass is 9.87. The van der Waals surface area contributed by atoms with Crippen LogP contribution in [0.1, 0.15) is 19.8 Å². The van der Waals surface area contributed by atoms with Gasteiger partial charge in [0.2, 0.25) is 5.91 Å². The Bertz CT molecular complexity index is 690. The van der Waals surface area contributed by atoms with E-state index >= 15 is 0 Å². The van der Waals surface area contributed by atoms with Crippen molar-refractivity contribution in [3.8, 4) is 5.75 Å². The van der Waals surface area contributed by atoms with Gasteiger partial charge in [0.1, 0.15) is 5.75 Å². The molecule has 1 N–H and O–H groups in total. The zero-order valence-electron chi connectivity index (χ0n) is 14.2. The first kappa shape index (κ1) is 17.3. The van der Waals surface area contributed by atoms with E-state index in [0.717, 1.165) is 0 Å². The average Bonchev–Trinajstić information content (AvgIpc) is 2.60. The largest absolute Gasteiger partial charge is 0.482 e. The Balaban J connectivity index is 1.60. The quantitative estimate of drug-likeness (QED) is 0.890. The van der Waals surface area contributed by atoms with Crippen LogP contribution < -0.4 is 9.64 Å². The summed E-state index contributed by atoms with van der Waals surface area (Å²) in [5.41, 5.74) is 0.685. The maximum absolute atomic E-state index is 12.5. The number of para-hydroxylation sites is 2. The molecule has 2 aliphatic heterocycles. The fraction of sp³-hybridized carbons (Fsp3) is 0.500. The summed E-state index contributed by atoms with van der Waals surface area (Å²) in [5.74, 6) is -0.824. The van der Waals surface area contributed by atoms with Crippen molar-refractivity contribution in [2.24, 2.45) is 11.8 Å². The standard InChI is InChI=1S/C18H22N2O5/c1-12-10-19(8-6-13(12)18(23)24)16(21)7-9-20-14-4-2-3-5-15(14)25-11-17(20)22/h2-5,12-13H,6-11H2,1H3,(H,23,24). The molecular weight excluding hydrogens is 324 g/mol. The van der Waals surface area contributed by atoms with Crippen LogP contribution in [0.2, 0.25) is 0 Å². The molecule has 0 bridgehead atoms. The number of hydrogen-bond donors (Lipinski definition) is 1. The lowest BCUT2D eigenvalue weighted by molar-refractivity contribution is -0.148. The minimum Gasteiger partial charge on any atom is -0.482 e. The summed E-state index contributed by atoms with van der Waals surface area (Å²) in [6.07, 6.45) is 0.687. The van der Waals surface area contributed by atoms with Gasteiger partial charge >= 0.3 is 5.97 Å². The number of aliphatic carboxylic acids is 1. The Labute approximate surface area is 146 Å². The number of benzene rings is 1. The minimum atomic E-state index is -0.796. The second-order valence-electron chi connectivity index (χ2n) is 6.60. The van der Waals surface area contributed by atoms with Crippen LogP contribution in [0.4, 0.5) is 5.69 Å². The SMILES string of the molecule is CC1CN(C(=O)CCN2C(=O)COc3ccccc32)CCC1C(=O)O. The number of ether oxygens (including phenoxy) is 1. The molecule has 1 saturated heterocycles. The number of rotatable bonds is 4. The summed E-state index contributed by atoms with van der Waals surface area (Å²) < 4.78 is 5.40. The molecule has 134 valence electrons. The van der Waals surface area contributed by atoms with E-state index in [0.29, 0.717) is 37.5 Å². The average molecular weight is 346 g/mol. The third kappa shape index (κ3) is 3.60. The lowest BCUT2D eigenvalue weighted by Crippen LogP contribution is -2.46. The van der Waals surface area contributed by atoms with Crippen molar-refractivity contribution in [2.75, 3.05) is 31.1 Å². The molecule has 2 unspecified atom stereocenters. The molecule has 0 radical (unpaired) electrons. The number of amides is 2. The summed E-state index contributed by atoms with van der Waals surface area (Å²) in [6.45, 7) is 3.04. The van der Waals surface area contributed by atoms with E-state index in [4.69, 9.17) is 9.84 Å². The van der Waals surface area contributed by atoms with E-state index in [1.54, 1.807) is 21.9 Å². The predicted octanol–water partition coefficient (Wildman–Crippen LogP) is 1.37. The Morgan fingerprint density at radius 2 is 2.08 bits per heavy atom. The van der Waals surface area contributed by atoms with Crippen molar-refractivity contribution in [3.63, 3.8) is 0 Å². The molecule has 0 spiro atoms. The van der Waals surface area contributed by atoms with Crippen LogP contribution in [0.25, 0.3) is 0 Å². The number of likely N-dealkylation sites (tertiary alicyclic amines) is 1. The van der Waals surface area contributed by atoms with Gasteiger partial charge in [-0.05, 0) is 24.5 Å². The molecule has 0 aromatic heterocycles. The van der Waals surface area contributed by atoms with Crippen LogP contribution >= 0.6 is 0 Å². The van der Waals surface area contributed by atoms with E-state index < -0.39 is 11.9 Å². The van der Waals surface area contributed by atoms with Crippen LogP contribution in [0.3, 0.4) is 0 Å². The molecule has 2 atom stereocenters. The first-order chi connectivity index (χ1) is 12.0. The van der Waals surface area contributed by atoms with Gasteiger partial charge in [0.15, 0.2) is 6.61 Å². The molecule has 2 aliphatic rings. The molecule has 1 aromatic rings. The van der Waals surface area contributed by atoms with Crippen molar-refractivity contribution in [2.45, 2.75) is 19.8 Å². The van der Waals surface area contributed by atoms with Gasteiger partial charge in [-0.15, -0.1) is 0 Å². The van der Waals surface area contributed by atoms with E-state index in [2.05, 4.69) is 0 Å². The highest BCUT2D eigenvalue weighted by atomic mass is 16.5. The van der Waals surface area contributed by atoms with E-state index in [1.807, 2.05) is 19.1 Å². The van der Waals surface area contributed by atoms with Crippen molar-refractivity contribution >= 4 is 23.5 Å². The number of carbonyl (C=O) groups is 3. The van der Waals surface area contributed by atoms with Gasteiger partial charge < -0.3 is 19.6 Å². The molecule has 2 heterocycles. The van der Waals surface area contributed by atoms with Crippen molar-refractivity contribution in [3.05, 3.63) is 24.3 Å². The third-order valence-corrected chi connectivity index (χ3v) is 4.93. The second kappa shape index (κ2) is 7.13. The molecular formula is C18H22N2O5. The van der Waals surface area contributed by atoms with E-state index in [9.17, 15) is 14.4 Å². The summed E-state index contributed by atoms with van der Waals surface area (Å²) in [5, 5.41) is 9.17. The van der Waals surface area contributed by atoms with Crippen LogP contribution in [0.15, 0.2) is 24.3 Å². The zero-order valence-corrected chi connectivity index (χ0v) is 14.2. The van der Waals surface area contributed by atoms with Crippen molar-refractivity contribution in [1.29, 1.82) is 0 Å². The maximum atomic E-state index is 12.5. The molecule has 1 fully saturated rings. The molecule has 1 aromatic carbocycles. The van der Waals surface area contributed by atoms with Crippen molar-refractivity contribution < 1.29 is 24.2 Å². The topological polar surface area (TPSA) is 87.2 Å². The number of carbonyl (C=O) groups excluding carboxylic acids is 2. The zero-order chi connectivity index (χ0) is 18.0. The second-order valence-corrected chi connectivity index (χ2v) is 6.60. The highest BCUT2D eigenvalue weighted by Crippen LogP contribution is 2.31. The Hall–Kier alpha value is -2.57. The summed E-state index contributed by atoms with van der Waals surface area (Å²) in [6, 6.07) is 7.27. The first-order valence-electron chi connectivity index (χ1n) is 8.50. The fourth-order valence-corrected chi connectivity index (χ4v) is 3.50. The number of anilines is 1. The van der Waals surface area contributed by atoms with Gasteiger partial charge in [0.05, 0.1) is 11.6 Å². The summed E-state index contributed by atoms with van der Waals surface area (Å²) in [7, 11) is 0. The van der Waals surface area contributed by atoms with Gasteiger partial charge in [-0.1, -0.05) is 19.1 Å². The van der Waals surface area contributed by atoms with Crippen LogP contribution in [0, 0.1) is 11.8 Å². The van der Waals surface area contributed by atoms with Crippen molar-refractivity contribution in [1.82, 2.24) is 4.90 Å². The first-order valence-corrected chi connectivity index (χ1v) is 8.50. The maximum Gasteiger partial charge on any atom is 0.306 e. The van der Waals surface area contributed by atoms with Gasteiger partial charge in [-0.3, -0.25) is 14.4 Å². The van der Waals surface area contributed by atoms with Gasteiger partial charge in [-0.25, -0.2) is 0 Å². The number of nitrogens with zero attached hydrogens (tertiary/aromatic N) is 2. The van der Waals surface area contributed by atoms with Crippen LogP contribution in [-0.2, 0) is 14.4 Å². The fourth-order valence-electron chi connectivity index (χ4n) is 3.50. The van der Waals surface area contributed by atoms with E-state index in [1.165, 1.54) is 0 Å². The molecule has 3 rings (SSSR count). The smallest absolute Gasteiger partial charge is 0.306 e. The molecule has 2 amide bonds. The Morgan fingerprint density at radius 3 is 2.80 bits per heavy atom. The predicted molar refractivity (Wildman–Crippen MR) is 90.4 cm³/mol. The normalized spacial score (nSPS) is 23.0. The van der Waals surface area contributed by atoms with Gasteiger partial charge in [-0.2, -0.15) is 0 Å². The number of fused-ring (bicyclic) bond motifs is 1. The molecule has 7 heteroatoms. The number of piperidine rings is 1. The number of carboxylic acid groups (broad SMARTS) is 1. The molecule has 0 saturated carbocycles. The summed E-state index contributed by atoms with van der Waals surface area (Å²) >= 11 is 0. The van der Waals surface area contributed by atoms with Gasteiger partial charge in [0, 0.05) is 26.1 Å². The number of carboxylic acids is 1. The monoisotopic (exact) mass is 346 g/mol. The molecule has 7 nitrogen and oxygen atoms in total. The van der Waals surface area contributed by atoms with Crippen LogP contribution in [-0.4, -0.2) is 54.0 Å². The van der Waals surface area contributed by atoms with E-state index in [-0.39, 0.29) is 30.8 Å². The molecule has 0 aliphatic carbocycles. The Morgan fingerprint density at radius 1 is 1.32 bits per heavy atom. The lowest BCUT2D eigenvalue weighted by Gasteiger charge is -2.35. The highest BCUT2D eigenvalue weighted by molar-refractivity contribution is 5.98. The number of hydrogen-bond acceptors (Lipinski definition) is 4. The highest BCUT2D eigenvalue weighted by Gasteiger charge is 2.33. The Kier molecular flexibility index (Phi) is 4.92. The van der Waals surface area contributed by atoms with Crippen LogP contribution in [0.5, 0.6) is 5.75 Å². The molecule has 25 heavy (non-hydrogen) atoms. The minimum absolute atomic E-state index is 0.0216. The summed E-state index contributed by atoms with van der Waals surface area (Å²) in [4.78, 5) is 39.1. The van der Waals surface area contributed by atoms with Gasteiger partial charge in [0.25, 0.3) is 5.91 Å².